The molecule has 2 aliphatic heterocycles. The summed E-state index contributed by atoms with van der Waals surface area (Å²) in [4.78, 5) is 14.8. The molecule has 0 aromatic carbocycles. The molecule has 0 spiro atoms. The average Bonchev–Trinajstić information content (AvgIpc) is 2.53. The average molecular weight is 342 g/mol. The molecule has 23 heavy (non-hydrogen) atoms. The van der Waals surface area contributed by atoms with E-state index in [-0.39, 0.29) is 23.5 Å². The number of nitrogens with zero attached hydrogens (tertiary/aromatic N) is 2. The molecular weight excluding hydrogens is 316 g/mol. The number of sulfonamides is 1. The van der Waals surface area contributed by atoms with Gasteiger partial charge in [-0.1, -0.05) is 19.1 Å². The molecule has 3 aliphatic rings. The van der Waals surface area contributed by atoms with Crippen molar-refractivity contribution in [1.82, 2.24) is 9.21 Å². The van der Waals surface area contributed by atoms with E-state index in [0.29, 0.717) is 32.7 Å². The number of amides is 1. The van der Waals surface area contributed by atoms with E-state index in [1.54, 1.807) is 0 Å². The number of fused-ring (bicyclic) bond motifs is 1. The minimum atomic E-state index is -3.28. The first-order valence-electron chi connectivity index (χ1n) is 8.34. The maximum Gasteiger partial charge on any atom is 0.228 e. The number of hydrogen-bond donors (Lipinski definition) is 0. The van der Waals surface area contributed by atoms with Crippen LogP contribution in [0.15, 0.2) is 12.2 Å². The van der Waals surface area contributed by atoms with Crippen LogP contribution in [0.25, 0.3) is 0 Å². The maximum absolute atomic E-state index is 13.0. The summed E-state index contributed by atoms with van der Waals surface area (Å²) >= 11 is 0. The number of allylic oxidation sites excluding steroid dienone is 2. The zero-order valence-corrected chi connectivity index (χ0v) is 14.7. The van der Waals surface area contributed by atoms with Gasteiger partial charge in [0, 0.05) is 19.6 Å². The van der Waals surface area contributed by atoms with Crippen molar-refractivity contribution in [2.45, 2.75) is 44.8 Å². The molecule has 0 radical (unpaired) electrons. The van der Waals surface area contributed by atoms with Crippen LogP contribution in [0.4, 0.5) is 0 Å². The largest absolute Gasteiger partial charge is 0.375 e. The van der Waals surface area contributed by atoms with Crippen LogP contribution >= 0.6 is 0 Å². The predicted octanol–water partition coefficient (Wildman–Crippen LogP) is 0.994. The number of morpholine rings is 1. The summed E-state index contributed by atoms with van der Waals surface area (Å²) in [6.07, 6.45) is 8.62. The van der Waals surface area contributed by atoms with Gasteiger partial charge in [0.2, 0.25) is 15.9 Å². The number of carbonyl (C=O) groups is 1. The van der Waals surface area contributed by atoms with Crippen LogP contribution in [0.5, 0.6) is 0 Å². The molecule has 1 aliphatic carbocycles. The minimum Gasteiger partial charge on any atom is -0.375 e. The molecule has 6 nitrogen and oxygen atoms in total. The fourth-order valence-corrected chi connectivity index (χ4v) is 5.08. The molecule has 3 atom stereocenters. The fourth-order valence-electron chi connectivity index (χ4n) is 3.98. The summed E-state index contributed by atoms with van der Waals surface area (Å²) in [6.45, 7) is 3.93. The van der Waals surface area contributed by atoms with Crippen molar-refractivity contribution in [3.63, 3.8) is 0 Å². The van der Waals surface area contributed by atoms with E-state index in [0.717, 1.165) is 19.3 Å². The Bertz CT molecular complexity index is 603. The van der Waals surface area contributed by atoms with Crippen molar-refractivity contribution < 1.29 is 17.9 Å². The lowest BCUT2D eigenvalue weighted by molar-refractivity contribution is -0.149. The topological polar surface area (TPSA) is 66.9 Å². The first-order chi connectivity index (χ1) is 10.8. The molecule has 2 saturated heterocycles. The van der Waals surface area contributed by atoms with Crippen LogP contribution in [0, 0.1) is 5.41 Å². The van der Waals surface area contributed by atoms with Crippen LogP contribution in [0.1, 0.15) is 32.6 Å². The van der Waals surface area contributed by atoms with E-state index >= 15 is 0 Å². The van der Waals surface area contributed by atoms with E-state index < -0.39 is 10.0 Å². The highest BCUT2D eigenvalue weighted by Crippen LogP contribution is 2.36. The van der Waals surface area contributed by atoms with E-state index in [4.69, 9.17) is 4.74 Å². The van der Waals surface area contributed by atoms with Gasteiger partial charge in [-0.05, 0) is 25.7 Å². The molecule has 1 amide bonds. The van der Waals surface area contributed by atoms with Crippen molar-refractivity contribution in [1.29, 1.82) is 0 Å². The Labute approximate surface area is 138 Å². The summed E-state index contributed by atoms with van der Waals surface area (Å²) in [7, 11) is -3.28. The van der Waals surface area contributed by atoms with Crippen molar-refractivity contribution in [2.24, 2.45) is 5.41 Å². The van der Waals surface area contributed by atoms with Gasteiger partial charge in [-0.15, -0.1) is 0 Å². The Morgan fingerprint density at radius 2 is 2.09 bits per heavy atom. The minimum absolute atomic E-state index is 0.0958. The molecule has 2 fully saturated rings. The predicted molar refractivity (Wildman–Crippen MR) is 87.4 cm³/mol. The van der Waals surface area contributed by atoms with Gasteiger partial charge in [0.05, 0.1) is 30.4 Å². The maximum atomic E-state index is 13.0. The van der Waals surface area contributed by atoms with Crippen LogP contribution in [0.2, 0.25) is 0 Å². The van der Waals surface area contributed by atoms with Crippen molar-refractivity contribution >= 4 is 15.9 Å². The first kappa shape index (κ1) is 16.9. The van der Waals surface area contributed by atoms with Gasteiger partial charge < -0.3 is 9.64 Å². The molecule has 0 aromatic rings. The van der Waals surface area contributed by atoms with Gasteiger partial charge in [-0.25, -0.2) is 8.42 Å². The summed E-state index contributed by atoms with van der Waals surface area (Å²) in [5, 5.41) is 0. The van der Waals surface area contributed by atoms with E-state index in [2.05, 4.69) is 12.2 Å². The number of piperidine rings is 1. The number of rotatable bonds is 2. The highest BCUT2D eigenvalue weighted by Gasteiger charge is 2.45. The SMILES string of the molecule is CC1(C(=O)N2CC[C@@H]3OCCN(S(C)(=O)=O)[C@H]3C2)CC=CCC1. The molecule has 1 unspecified atom stereocenters. The second-order valence-corrected chi connectivity index (χ2v) is 9.10. The Morgan fingerprint density at radius 3 is 2.74 bits per heavy atom. The highest BCUT2D eigenvalue weighted by atomic mass is 32.2. The van der Waals surface area contributed by atoms with Crippen molar-refractivity contribution in [2.75, 3.05) is 32.5 Å². The smallest absolute Gasteiger partial charge is 0.228 e. The molecule has 2 heterocycles. The summed E-state index contributed by atoms with van der Waals surface area (Å²) < 4.78 is 31.3. The molecule has 130 valence electrons. The lowest BCUT2D eigenvalue weighted by Gasteiger charge is -2.47. The van der Waals surface area contributed by atoms with Gasteiger partial charge in [0.15, 0.2) is 0 Å². The summed E-state index contributed by atoms with van der Waals surface area (Å²) in [5.41, 5.74) is -0.354. The molecule has 7 heteroatoms. The molecule has 0 bridgehead atoms. The fraction of sp³-hybridized carbons (Fsp3) is 0.812. The second-order valence-electron chi connectivity index (χ2n) is 7.17. The monoisotopic (exact) mass is 342 g/mol. The van der Waals surface area contributed by atoms with E-state index in [1.165, 1.54) is 10.6 Å². The third kappa shape index (κ3) is 3.32. The van der Waals surface area contributed by atoms with Crippen molar-refractivity contribution in [3.8, 4) is 0 Å². The van der Waals surface area contributed by atoms with Crippen LogP contribution < -0.4 is 0 Å². The third-order valence-electron chi connectivity index (χ3n) is 5.36. The second kappa shape index (κ2) is 6.18. The lowest BCUT2D eigenvalue weighted by Crippen LogP contribution is -2.63. The van der Waals surface area contributed by atoms with Gasteiger partial charge in [0.1, 0.15) is 0 Å². The van der Waals surface area contributed by atoms with Crippen LogP contribution in [-0.2, 0) is 19.6 Å². The molecule has 3 rings (SSSR count). The zero-order valence-electron chi connectivity index (χ0n) is 13.9. The molecule has 0 aromatic heterocycles. The van der Waals surface area contributed by atoms with Crippen LogP contribution in [0.3, 0.4) is 0 Å². The molecule has 0 saturated carbocycles. The van der Waals surface area contributed by atoms with E-state index in [9.17, 15) is 13.2 Å². The Kier molecular flexibility index (Phi) is 4.55. The summed E-state index contributed by atoms with van der Waals surface area (Å²) in [6, 6.07) is -0.251. The molecular formula is C16H26N2O4S. The van der Waals surface area contributed by atoms with Gasteiger partial charge in [-0.2, -0.15) is 4.31 Å². The van der Waals surface area contributed by atoms with Gasteiger partial charge in [0.25, 0.3) is 0 Å². The van der Waals surface area contributed by atoms with E-state index in [1.807, 2.05) is 11.8 Å². The quantitative estimate of drug-likeness (QED) is 0.702. The normalized spacial score (nSPS) is 35.8. The first-order valence-corrected chi connectivity index (χ1v) is 10.2. The Balaban J connectivity index is 1.76. The van der Waals surface area contributed by atoms with Gasteiger partial charge >= 0.3 is 0 Å². The number of likely N-dealkylation sites (tertiary alicyclic amines) is 1. The summed E-state index contributed by atoms with van der Waals surface area (Å²) in [5.74, 6) is 0.152. The third-order valence-corrected chi connectivity index (χ3v) is 6.67. The number of hydrogen-bond acceptors (Lipinski definition) is 4. The van der Waals surface area contributed by atoms with Gasteiger partial charge in [-0.3, -0.25) is 4.79 Å². The van der Waals surface area contributed by atoms with Crippen molar-refractivity contribution in [3.05, 3.63) is 12.2 Å². The zero-order chi connectivity index (χ0) is 16.7. The number of carbonyl (C=O) groups excluding carboxylic acids is 1. The van der Waals surface area contributed by atoms with Crippen LogP contribution in [-0.4, -0.2) is 68.2 Å². The Hall–Kier alpha value is -0.920. The standard InChI is InChI=1S/C16H26N2O4S/c1-16(7-4-3-5-8-16)15(19)17-9-6-14-13(12-17)18(10-11-22-14)23(2,20)21/h3-4,13-14H,5-12H2,1-2H3/t13-,14-,16?/m0/s1. The Morgan fingerprint density at radius 1 is 1.30 bits per heavy atom. The lowest BCUT2D eigenvalue weighted by atomic mass is 9.77. The number of ether oxygens (including phenoxy) is 1. The molecule has 0 N–H and O–H groups in total. The highest BCUT2D eigenvalue weighted by molar-refractivity contribution is 7.88.